The van der Waals surface area contributed by atoms with Crippen LogP contribution in [0.15, 0.2) is 4.90 Å². The van der Waals surface area contributed by atoms with Crippen LogP contribution >= 0.6 is 0 Å². The third-order valence-electron chi connectivity index (χ3n) is 6.94. The summed E-state index contributed by atoms with van der Waals surface area (Å²) in [7, 11) is -5.27. The lowest BCUT2D eigenvalue weighted by Crippen LogP contribution is -2.13. The molecule has 0 heterocycles. The molecule has 1 aromatic rings. The van der Waals surface area contributed by atoms with Gasteiger partial charge in [-0.05, 0) is 12.8 Å². The highest BCUT2D eigenvalue weighted by molar-refractivity contribution is 7.86. The first-order chi connectivity index (χ1) is 18.8. The molecule has 0 amide bonds. The molecule has 0 atom stereocenters. The first-order valence-corrected chi connectivity index (χ1v) is 16.6. The van der Waals surface area contributed by atoms with Gasteiger partial charge in [0.2, 0.25) is 11.6 Å². The molecule has 0 unspecified atom stereocenters. The molecule has 228 valence electrons. The van der Waals surface area contributed by atoms with E-state index in [0.717, 1.165) is 51.4 Å². The minimum Gasteiger partial charge on any atom is -0.489 e. The van der Waals surface area contributed by atoms with Gasteiger partial charge in [-0.3, -0.25) is 4.55 Å². The normalized spacial score (nSPS) is 11.7. The average Bonchev–Trinajstić information content (AvgIpc) is 2.89. The van der Waals surface area contributed by atoms with Crippen LogP contribution in [0, 0.1) is 17.5 Å². The van der Waals surface area contributed by atoms with Crippen molar-refractivity contribution in [2.75, 3.05) is 13.2 Å². The Morgan fingerprint density at radius 2 is 0.846 bits per heavy atom. The number of hydrogen-bond donors (Lipinski definition) is 1. The number of rotatable bonds is 25. The molecule has 0 saturated carbocycles. The fourth-order valence-corrected chi connectivity index (χ4v) is 5.31. The van der Waals surface area contributed by atoms with E-state index < -0.39 is 44.0 Å². The molecule has 0 fully saturated rings. The van der Waals surface area contributed by atoms with Gasteiger partial charge < -0.3 is 9.47 Å². The van der Waals surface area contributed by atoms with Crippen LogP contribution in [0.25, 0.3) is 0 Å². The SMILES string of the molecule is CCCCCCCCCCCCOc1c(F)c(F)c(S(=O)(=O)O)c(OCCCCCCCCCCCC)c1F. The van der Waals surface area contributed by atoms with Crippen molar-refractivity contribution >= 4 is 10.1 Å². The topological polar surface area (TPSA) is 72.8 Å². The van der Waals surface area contributed by atoms with Crippen LogP contribution in [0.2, 0.25) is 0 Å². The lowest BCUT2D eigenvalue weighted by atomic mass is 10.1. The molecule has 39 heavy (non-hydrogen) atoms. The standard InChI is InChI=1S/C30H51F3O5S/c1-3-5-7-9-11-13-15-17-19-21-23-37-28-25(31)26(32)30(39(34,35)36)29(27(28)33)38-24-22-20-18-16-14-12-10-8-6-4-2/h3-24H2,1-2H3,(H,34,35,36). The van der Waals surface area contributed by atoms with Gasteiger partial charge in [-0.2, -0.15) is 17.2 Å². The highest BCUT2D eigenvalue weighted by atomic mass is 32.2. The predicted octanol–water partition coefficient (Wildman–Crippen LogP) is 9.95. The second-order valence-corrected chi connectivity index (χ2v) is 11.8. The monoisotopic (exact) mass is 580 g/mol. The molecule has 1 rings (SSSR count). The molecule has 0 aliphatic carbocycles. The van der Waals surface area contributed by atoms with E-state index >= 15 is 4.39 Å². The minimum atomic E-state index is -5.27. The van der Waals surface area contributed by atoms with Crippen LogP contribution < -0.4 is 9.47 Å². The zero-order valence-corrected chi connectivity index (χ0v) is 25.0. The summed E-state index contributed by atoms with van der Waals surface area (Å²) in [5, 5.41) is 0. The molecule has 1 aromatic carbocycles. The Bertz CT molecular complexity index is 893. The Morgan fingerprint density at radius 1 is 0.513 bits per heavy atom. The summed E-state index contributed by atoms with van der Waals surface area (Å²) in [5.41, 5.74) is 0. The smallest absolute Gasteiger partial charge is 0.301 e. The lowest BCUT2D eigenvalue weighted by Gasteiger charge is -2.16. The molecular formula is C30H51F3O5S. The quantitative estimate of drug-likeness (QED) is 0.0708. The van der Waals surface area contributed by atoms with Gasteiger partial charge in [-0.1, -0.05) is 129 Å². The summed E-state index contributed by atoms with van der Waals surface area (Å²) in [6, 6.07) is 0. The molecule has 0 saturated heterocycles. The van der Waals surface area contributed by atoms with Crippen molar-refractivity contribution in [3.63, 3.8) is 0 Å². The Labute approximate surface area is 235 Å². The number of hydrogen-bond acceptors (Lipinski definition) is 4. The van der Waals surface area contributed by atoms with E-state index in [2.05, 4.69) is 13.8 Å². The summed E-state index contributed by atoms with van der Waals surface area (Å²) in [4.78, 5) is -1.53. The summed E-state index contributed by atoms with van der Waals surface area (Å²) in [6.45, 7) is 4.22. The molecule has 0 aromatic heterocycles. The van der Waals surface area contributed by atoms with Crippen molar-refractivity contribution in [2.45, 2.75) is 147 Å². The molecule has 0 aliphatic rings. The molecular weight excluding hydrogens is 529 g/mol. The summed E-state index contributed by atoms with van der Waals surface area (Å²) in [5.74, 6) is -7.21. The number of ether oxygens (including phenoxy) is 2. The molecule has 0 spiro atoms. The number of unbranched alkanes of at least 4 members (excludes halogenated alkanes) is 18. The summed E-state index contributed by atoms with van der Waals surface area (Å²) >= 11 is 0. The van der Waals surface area contributed by atoms with E-state index in [0.29, 0.717) is 12.8 Å². The van der Waals surface area contributed by atoms with Crippen molar-refractivity contribution in [3.05, 3.63) is 17.5 Å². The van der Waals surface area contributed by atoms with Gasteiger partial charge >= 0.3 is 10.1 Å². The van der Waals surface area contributed by atoms with Gasteiger partial charge in [-0.25, -0.2) is 4.39 Å². The summed E-state index contributed by atoms with van der Waals surface area (Å²) < 4.78 is 87.5. The highest BCUT2D eigenvalue weighted by Gasteiger charge is 2.34. The van der Waals surface area contributed by atoms with Crippen LogP contribution in [0.1, 0.15) is 142 Å². The average molecular weight is 581 g/mol. The van der Waals surface area contributed by atoms with Crippen LogP contribution in [0.5, 0.6) is 11.5 Å². The lowest BCUT2D eigenvalue weighted by molar-refractivity contribution is 0.240. The second-order valence-electron chi connectivity index (χ2n) is 10.5. The Balaban J connectivity index is 2.55. The minimum absolute atomic E-state index is 0.0487. The van der Waals surface area contributed by atoms with Gasteiger partial charge in [0, 0.05) is 0 Å². The van der Waals surface area contributed by atoms with Crippen molar-refractivity contribution in [1.82, 2.24) is 0 Å². The Hall–Kier alpha value is -1.48. The van der Waals surface area contributed by atoms with Crippen LogP contribution in [0.4, 0.5) is 13.2 Å². The Morgan fingerprint density at radius 3 is 1.21 bits per heavy atom. The zero-order chi connectivity index (χ0) is 28.9. The zero-order valence-electron chi connectivity index (χ0n) is 24.2. The number of halogens is 3. The molecule has 9 heteroatoms. The van der Waals surface area contributed by atoms with Crippen LogP contribution in [-0.4, -0.2) is 26.2 Å². The van der Waals surface area contributed by atoms with Gasteiger partial charge in [0.15, 0.2) is 22.2 Å². The third kappa shape index (κ3) is 14.6. The van der Waals surface area contributed by atoms with E-state index in [-0.39, 0.29) is 13.2 Å². The third-order valence-corrected chi connectivity index (χ3v) is 7.82. The van der Waals surface area contributed by atoms with Crippen molar-refractivity contribution in [3.8, 4) is 11.5 Å². The maximum atomic E-state index is 15.1. The van der Waals surface area contributed by atoms with Crippen molar-refractivity contribution in [1.29, 1.82) is 0 Å². The molecule has 5 nitrogen and oxygen atoms in total. The molecule has 0 aliphatic heterocycles. The predicted molar refractivity (Wildman–Crippen MR) is 151 cm³/mol. The van der Waals surface area contributed by atoms with Gasteiger partial charge in [0.1, 0.15) is 0 Å². The van der Waals surface area contributed by atoms with Gasteiger partial charge in [-0.15, -0.1) is 0 Å². The van der Waals surface area contributed by atoms with Crippen LogP contribution in [0.3, 0.4) is 0 Å². The van der Waals surface area contributed by atoms with E-state index in [1.165, 1.54) is 64.2 Å². The first-order valence-electron chi connectivity index (χ1n) is 15.2. The van der Waals surface area contributed by atoms with E-state index in [1.54, 1.807) is 0 Å². The Kier molecular flexibility index (Phi) is 19.4. The molecule has 0 bridgehead atoms. The maximum absolute atomic E-state index is 15.1. The molecule has 1 N–H and O–H groups in total. The van der Waals surface area contributed by atoms with Gasteiger partial charge in [0.05, 0.1) is 13.2 Å². The summed E-state index contributed by atoms with van der Waals surface area (Å²) in [6.07, 6.45) is 21.2. The first kappa shape index (κ1) is 35.5. The van der Waals surface area contributed by atoms with Gasteiger partial charge in [0.25, 0.3) is 0 Å². The number of benzene rings is 1. The fourth-order valence-electron chi connectivity index (χ4n) is 4.61. The van der Waals surface area contributed by atoms with Crippen LogP contribution in [-0.2, 0) is 10.1 Å². The van der Waals surface area contributed by atoms with E-state index in [9.17, 15) is 21.8 Å². The fraction of sp³-hybridized carbons (Fsp3) is 0.800. The van der Waals surface area contributed by atoms with E-state index in [4.69, 9.17) is 9.47 Å². The largest absolute Gasteiger partial charge is 0.489 e. The van der Waals surface area contributed by atoms with Crippen molar-refractivity contribution < 1.29 is 35.6 Å². The maximum Gasteiger partial charge on any atom is 0.301 e. The van der Waals surface area contributed by atoms with E-state index in [1.807, 2.05) is 0 Å². The van der Waals surface area contributed by atoms with Crippen molar-refractivity contribution in [2.24, 2.45) is 0 Å². The second kappa shape index (κ2) is 21.3. The molecule has 0 radical (unpaired) electrons. The highest BCUT2D eigenvalue weighted by Crippen LogP contribution is 2.39.